The van der Waals surface area contributed by atoms with Gasteiger partial charge in [-0.3, -0.25) is 4.79 Å². The topological polar surface area (TPSA) is 47.8 Å². The van der Waals surface area contributed by atoms with Crippen LogP contribution < -0.4 is 0 Å². The van der Waals surface area contributed by atoms with Gasteiger partial charge in [-0.2, -0.15) is 0 Å². The summed E-state index contributed by atoms with van der Waals surface area (Å²) in [6.07, 6.45) is 1.79. The maximum Gasteiger partial charge on any atom is 0.184 e. The average Bonchev–Trinajstić information content (AvgIpc) is 2.97. The number of benzene rings is 2. The monoisotopic (exact) mass is 355 g/mol. The van der Waals surface area contributed by atoms with Crippen molar-refractivity contribution < 1.29 is 4.79 Å². The van der Waals surface area contributed by atoms with E-state index in [1.165, 1.54) is 5.56 Å². The maximum absolute atomic E-state index is 12.2. The molecule has 1 aromatic heterocycles. The van der Waals surface area contributed by atoms with Crippen LogP contribution in [0.15, 0.2) is 59.2 Å². The van der Waals surface area contributed by atoms with Gasteiger partial charge in [0.25, 0.3) is 0 Å². The largest absolute Gasteiger partial charge is 0.292 e. The van der Waals surface area contributed by atoms with E-state index < -0.39 is 0 Å². The zero-order valence-corrected chi connectivity index (χ0v) is 13.6. The summed E-state index contributed by atoms with van der Waals surface area (Å²) in [5.41, 5.74) is 3.62. The summed E-state index contributed by atoms with van der Waals surface area (Å²) in [7, 11) is 0. The van der Waals surface area contributed by atoms with Crippen LogP contribution in [0, 0.1) is 6.92 Å². The number of rotatable bonds is 4. The average molecular weight is 356 g/mol. The van der Waals surface area contributed by atoms with Gasteiger partial charge >= 0.3 is 0 Å². The Labute approximate surface area is 136 Å². The highest BCUT2D eigenvalue weighted by atomic mass is 79.9. The van der Waals surface area contributed by atoms with E-state index in [1.807, 2.05) is 43.3 Å². The molecule has 110 valence electrons. The van der Waals surface area contributed by atoms with Gasteiger partial charge in [-0.15, -0.1) is 5.10 Å². The van der Waals surface area contributed by atoms with Crippen molar-refractivity contribution in [2.75, 3.05) is 0 Å². The van der Waals surface area contributed by atoms with Crippen LogP contribution in [0.2, 0.25) is 0 Å². The second kappa shape index (κ2) is 6.23. The SMILES string of the molecule is Cc1ccc(-c2cn(CC(=O)c3ccc(Br)cc3)nn2)cc1. The minimum absolute atomic E-state index is 0.00727. The van der Waals surface area contributed by atoms with Crippen LogP contribution in [-0.4, -0.2) is 20.8 Å². The highest BCUT2D eigenvalue weighted by molar-refractivity contribution is 9.10. The van der Waals surface area contributed by atoms with E-state index in [9.17, 15) is 4.79 Å². The van der Waals surface area contributed by atoms with Gasteiger partial charge in [0.05, 0.1) is 6.20 Å². The van der Waals surface area contributed by atoms with Crippen molar-refractivity contribution in [3.05, 3.63) is 70.3 Å². The summed E-state index contributed by atoms with van der Waals surface area (Å²) in [5, 5.41) is 8.16. The Hall–Kier alpha value is -2.27. The summed E-state index contributed by atoms with van der Waals surface area (Å²) >= 11 is 3.36. The zero-order valence-electron chi connectivity index (χ0n) is 12.0. The van der Waals surface area contributed by atoms with Gasteiger partial charge in [0.2, 0.25) is 0 Å². The van der Waals surface area contributed by atoms with E-state index in [0.717, 1.165) is 15.7 Å². The van der Waals surface area contributed by atoms with Gasteiger partial charge < -0.3 is 0 Å². The number of carbonyl (C=O) groups is 1. The van der Waals surface area contributed by atoms with Crippen LogP contribution in [0.5, 0.6) is 0 Å². The smallest absolute Gasteiger partial charge is 0.184 e. The molecule has 0 saturated heterocycles. The van der Waals surface area contributed by atoms with E-state index >= 15 is 0 Å². The molecule has 2 aromatic carbocycles. The molecule has 3 rings (SSSR count). The standard InChI is InChI=1S/C17H14BrN3O/c1-12-2-4-13(5-3-12)16-10-21(20-19-16)11-17(22)14-6-8-15(18)9-7-14/h2-10H,11H2,1H3. The second-order valence-corrected chi connectivity index (χ2v) is 6.01. The molecule has 0 bridgehead atoms. The minimum atomic E-state index is 0.00727. The van der Waals surface area contributed by atoms with Crippen LogP contribution in [0.4, 0.5) is 0 Å². The van der Waals surface area contributed by atoms with Crippen LogP contribution in [0.25, 0.3) is 11.3 Å². The summed E-state index contributed by atoms with van der Waals surface area (Å²) < 4.78 is 2.52. The van der Waals surface area contributed by atoms with Gasteiger partial charge in [-0.05, 0) is 19.1 Å². The predicted octanol–water partition coefficient (Wildman–Crippen LogP) is 3.90. The van der Waals surface area contributed by atoms with E-state index in [0.29, 0.717) is 5.56 Å². The second-order valence-electron chi connectivity index (χ2n) is 5.10. The lowest BCUT2D eigenvalue weighted by Gasteiger charge is -2.01. The predicted molar refractivity (Wildman–Crippen MR) is 88.7 cm³/mol. The lowest BCUT2D eigenvalue weighted by molar-refractivity contribution is 0.0967. The van der Waals surface area contributed by atoms with Crippen molar-refractivity contribution in [3.63, 3.8) is 0 Å². The van der Waals surface area contributed by atoms with Crippen LogP contribution in [-0.2, 0) is 6.54 Å². The fourth-order valence-corrected chi connectivity index (χ4v) is 2.37. The number of hydrogen-bond donors (Lipinski definition) is 0. The molecule has 0 N–H and O–H groups in total. The first-order valence-electron chi connectivity index (χ1n) is 6.88. The Kier molecular flexibility index (Phi) is 4.15. The van der Waals surface area contributed by atoms with E-state index in [1.54, 1.807) is 23.0 Å². The van der Waals surface area contributed by atoms with Gasteiger partial charge in [-0.25, -0.2) is 4.68 Å². The number of halogens is 1. The number of nitrogens with zero attached hydrogens (tertiary/aromatic N) is 3. The number of carbonyl (C=O) groups excluding carboxylic acids is 1. The summed E-state index contributed by atoms with van der Waals surface area (Å²) in [6, 6.07) is 15.4. The number of aryl methyl sites for hydroxylation is 1. The lowest BCUT2D eigenvalue weighted by Crippen LogP contribution is -2.10. The summed E-state index contributed by atoms with van der Waals surface area (Å²) in [5.74, 6) is 0.00727. The third-order valence-corrected chi connectivity index (χ3v) is 3.89. The Bertz CT molecular complexity index is 792. The number of hydrogen-bond acceptors (Lipinski definition) is 3. The van der Waals surface area contributed by atoms with Gasteiger partial charge in [0, 0.05) is 15.6 Å². The lowest BCUT2D eigenvalue weighted by atomic mass is 10.1. The quantitative estimate of drug-likeness (QED) is 0.666. The fraction of sp³-hybridized carbons (Fsp3) is 0.118. The van der Waals surface area contributed by atoms with E-state index in [-0.39, 0.29) is 12.3 Å². The molecule has 0 aliphatic carbocycles. The molecule has 4 nitrogen and oxygen atoms in total. The van der Waals surface area contributed by atoms with Gasteiger partial charge in [-0.1, -0.05) is 63.1 Å². The highest BCUT2D eigenvalue weighted by Crippen LogP contribution is 2.17. The third kappa shape index (κ3) is 3.31. The molecule has 3 aromatic rings. The Balaban J connectivity index is 1.75. The molecule has 1 heterocycles. The number of Topliss-reactive ketones (excluding diaryl/α,β-unsaturated/α-hetero) is 1. The van der Waals surface area contributed by atoms with Crippen molar-refractivity contribution in [2.24, 2.45) is 0 Å². The molecule has 0 aliphatic heterocycles. The molecule has 22 heavy (non-hydrogen) atoms. The molecule has 0 amide bonds. The summed E-state index contributed by atoms with van der Waals surface area (Å²) in [4.78, 5) is 12.2. The Morgan fingerprint density at radius 2 is 1.77 bits per heavy atom. The van der Waals surface area contributed by atoms with Crippen molar-refractivity contribution in [2.45, 2.75) is 13.5 Å². The number of aromatic nitrogens is 3. The van der Waals surface area contributed by atoms with Crippen LogP contribution in [0.3, 0.4) is 0 Å². The molecular formula is C17H14BrN3O. The molecule has 0 atom stereocenters. The van der Waals surface area contributed by atoms with Gasteiger partial charge in [0.15, 0.2) is 5.78 Å². The van der Waals surface area contributed by atoms with E-state index in [2.05, 4.69) is 26.2 Å². The molecule has 0 saturated carbocycles. The fourth-order valence-electron chi connectivity index (χ4n) is 2.11. The van der Waals surface area contributed by atoms with Crippen molar-refractivity contribution >= 4 is 21.7 Å². The number of ketones is 1. The minimum Gasteiger partial charge on any atom is -0.292 e. The highest BCUT2D eigenvalue weighted by Gasteiger charge is 2.09. The molecule has 5 heteroatoms. The molecule has 0 fully saturated rings. The summed E-state index contributed by atoms with van der Waals surface area (Å²) in [6.45, 7) is 2.22. The maximum atomic E-state index is 12.2. The first-order valence-corrected chi connectivity index (χ1v) is 7.67. The van der Waals surface area contributed by atoms with Crippen molar-refractivity contribution in [1.29, 1.82) is 0 Å². The van der Waals surface area contributed by atoms with Crippen LogP contribution >= 0.6 is 15.9 Å². The van der Waals surface area contributed by atoms with Gasteiger partial charge in [0.1, 0.15) is 12.2 Å². The molecule has 0 radical (unpaired) electrons. The van der Waals surface area contributed by atoms with E-state index in [4.69, 9.17) is 0 Å². The molecule has 0 aliphatic rings. The normalized spacial score (nSPS) is 10.6. The van der Waals surface area contributed by atoms with Crippen LogP contribution in [0.1, 0.15) is 15.9 Å². The first kappa shape index (κ1) is 14.7. The first-order chi connectivity index (χ1) is 10.6. The zero-order chi connectivity index (χ0) is 15.5. The van der Waals surface area contributed by atoms with Crippen molar-refractivity contribution in [1.82, 2.24) is 15.0 Å². The molecule has 0 spiro atoms. The third-order valence-electron chi connectivity index (χ3n) is 3.36. The molecule has 0 unspecified atom stereocenters. The Morgan fingerprint density at radius 1 is 1.09 bits per heavy atom. The Morgan fingerprint density at radius 3 is 2.45 bits per heavy atom. The van der Waals surface area contributed by atoms with Crippen molar-refractivity contribution in [3.8, 4) is 11.3 Å². The molecular weight excluding hydrogens is 342 g/mol.